The van der Waals surface area contributed by atoms with Crippen LogP contribution in [0.25, 0.3) is 0 Å². The average molecular weight is 237 g/mol. The first-order valence-corrected chi connectivity index (χ1v) is 4.62. The topological polar surface area (TPSA) is 43.8 Å². The molecule has 1 heterocycles. The van der Waals surface area contributed by atoms with Crippen LogP contribution in [0.4, 0.5) is 13.2 Å². The largest absolute Gasteiger partial charge is 0.435 e. The third kappa shape index (κ3) is 3.19. The third-order valence-corrected chi connectivity index (χ3v) is 2.01. The van der Waals surface area contributed by atoms with Gasteiger partial charge in [-0.15, -0.1) is 0 Å². The molecule has 1 aromatic heterocycles. The number of alkyl halides is 3. The summed E-state index contributed by atoms with van der Waals surface area (Å²) < 4.78 is 37.8. The van der Waals surface area contributed by atoms with Crippen LogP contribution in [-0.4, -0.2) is 14.8 Å². The molecule has 1 aromatic rings. The summed E-state index contributed by atoms with van der Waals surface area (Å²) in [6.07, 6.45) is -2.81. The van der Waals surface area contributed by atoms with E-state index < -0.39 is 11.9 Å². The third-order valence-electron chi connectivity index (χ3n) is 1.85. The van der Waals surface area contributed by atoms with E-state index >= 15 is 0 Å². The molecule has 0 radical (unpaired) electrons. The lowest BCUT2D eigenvalue weighted by atomic mass is 10.2. The Labute approximate surface area is 90.1 Å². The van der Waals surface area contributed by atoms with Crippen LogP contribution in [0.3, 0.4) is 0 Å². The Bertz CT molecular complexity index is 358. The summed E-state index contributed by atoms with van der Waals surface area (Å²) in [5.41, 5.74) is 4.39. The number of nitrogens with two attached hydrogens (primary N) is 1. The minimum absolute atomic E-state index is 0.256. The number of thiocarbonyl (C=S) groups is 1. The second-order valence-electron chi connectivity index (χ2n) is 3.20. The zero-order valence-corrected chi connectivity index (χ0v) is 8.77. The van der Waals surface area contributed by atoms with Crippen molar-refractivity contribution in [2.75, 3.05) is 0 Å². The summed E-state index contributed by atoms with van der Waals surface area (Å²) in [7, 11) is 0. The van der Waals surface area contributed by atoms with E-state index in [9.17, 15) is 13.2 Å². The zero-order chi connectivity index (χ0) is 11.6. The second-order valence-corrected chi connectivity index (χ2v) is 3.72. The highest BCUT2D eigenvalue weighted by Gasteiger charge is 2.33. The summed E-state index contributed by atoms with van der Waals surface area (Å²) in [6.45, 7) is 1.70. The van der Waals surface area contributed by atoms with Crippen LogP contribution in [0.2, 0.25) is 0 Å². The predicted octanol–water partition coefficient (Wildman–Crippen LogP) is 2.14. The molecule has 0 bridgehead atoms. The molecule has 7 heteroatoms. The maximum atomic E-state index is 12.2. The highest BCUT2D eigenvalue weighted by molar-refractivity contribution is 7.80. The van der Waals surface area contributed by atoms with Crippen LogP contribution in [0.15, 0.2) is 12.3 Å². The maximum absolute atomic E-state index is 12.2. The van der Waals surface area contributed by atoms with Gasteiger partial charge in [0.1, 0.15) is 0 Å². The lowest BCUT2D eigenvalue weighted by Gasteiger charge is -2.10. The number of halogens is 3. The van der Waals surface area contributed by atoms with Gasteiger partial charge in [-0.05, 0) is 13.0 Å². The SMILES string of the molecule is C[C@H](CC(N)=S)n1ccc(C(F)(F)F)n1. The lowest BCUT2D eigenvalue weighted by molar-refractivity contribution is -0.141. The minimum atomic E-state index is -4.41. The molecule has 84 valence electrons. The Morgan fingerprint density at radius 3 is 2.67 bits per heavy atom. The highest BCUT2D eigenvalue weighted by atomic mass is 32.1. The fourth-order valence-corrected chi connectivity index (χ4v) is 1.36. The van der Waals surface area contributed by atoms with Crippen LogP contribution in [0.1, 0.15) is 25.1 Å². The molecule has 0 aliphatic rings. The van der Waals surface area contributed by atoms with Gasteiger partial charge in [0.05, 0.1) is 11.0 Å². The number of nitrogens with zero attached hydrogens (tertiary/aromatic N) is 2. The van der Waals surface area contributed by atoms with Crippen molar-refractivity contribution >= 4 is 17.2 Å². The van der Waals surface area contributed by atoms with E-state index in [1.54, 1.807) is 6.92 Å². The van der Waals surface area contributed by atoms with Crippen molar-refractivity contribution in [1.82, 2.24) is 9.78 Å². The summed E-state index contributed by atoms with van der Waals surface area (Å²) in [5.74, 6) is 0. The van der Waals surface area contributed by atoms with E-state index in [2.05, 4.69) is 17.3 Å². The second kappa shape index (κ2) is 4.18. The van der Waals surface area contributed by atoms with Gasteiger partial charge < -0.3 is 5.73 Å². The van der Waals surface area contributed by atoms with Gasteiger partial charge in [0.2, 0.25) is 0 Å². The number of rotatable bonds is 3. The van der Waals surface area contributed by atoms with Crippen molar-refractivity contribution < 1.29 is 13.2 Å². The molecule has 2 N–H and O–H groups in total. The van der Waals surface area contributed by atoms with Crippen molar-refractivity contribution in [2.45, 2.75) is 25.6 Å². The smallest absolute Gasteiger partial charge is 0.393 e. The van der Waals surface area contributed by atoms with E-state index in [-0.39, 0.29) is 11.0 Å². The van der Waals surface area contributed by atoms with E-state index in [0.29, 0.717) is 6.42 Å². The van der Waals surface area contributed by atoms with Gasteiger partial charge in [-0.25, -0.2) is 0 Å². The van der Waals surface area contributed by atoms with Gasteiger partial charge >= 0.3 is 6.18 Å². The molecule has 0 aromatic carbocycles. The summed E-state index contributed by atoms with van der Waals surface area (Å²) >= 11 is 4.67. The Morgan fingerprint density at radius 2 is 2.27 bits per heavy atom. The van der Waals surface area contributed by atoms with E-state index in [0.717, 1.165) is 6.07 Å². The molecule has 0 unspecified atom stereocenters. The molecule has 0 amide bonds. The Balaban J connectivity index is 2.80. The number of aromatic nitrogens is 2. The molecule has 0 saturated heterocycles. The summed E-state index contributed by atoms with van der Waals surface area (Å²) in [5, 5.41) is 3.41. The average Bonchev–Trinajstić information content (AvgIpc) is 2.48. The van der Waals surface area contributed by atoms with E-state index in [4.69, 9.17) is 5.73 Å². The van der Waals surface area contributed by atoms with Crippen molar-refractivity contribution in [3.8, 4) is 0 Å². The minimum Gasteiger partial charge on any atom is -0.393 e. The van der Waals surface area contributed by atoms with Gasteiger partial charge in [-0.3, -0.25) is 4.68 Å². The number of hydrogen-bond acceptors (Lipinski definition) is 2. The van der Waals surface area contributed by atoms with E-state index in [1.165, 1.54) is 10.9 Å². The molecule has 1 atom stereocenters. The van der Waals surface area contributed by atoms with Crippen LogP contribution < -0.4 is 5.73 Å². The highest BCUT2D eigenvalue weighted by Crippen LogP contribution is 2.28. The maximum Gasteiger partial charge on any atom is 0.435 e. The monoisotopic (exact) mass is 237 g/mol. The van der Waals surface area contributed by atoms with Gasteiger partial charge in [-0.2, -0.15) is 18.3 Å². The molecular formula is C8H10F3N3S. The van der Waals surface area contributed by atoms with Gasteiger partial charge in [0.15, 0.2) is 5.69 Å². The first kappa shape index (κ1) is 12.0. The van der Waals surface area contributed by atoms with Crippen molar-refractivity contribution in [2.24, 2.45) is 5.73 Å². The van der Waals surface area contributed by atoms with Crippen LogP contribution >= 0.6 is 12.2 Å². The molecule has 0 saturated carbocycles. The molecule has 15 heavy (non-hydrogen) atoms. The Morgan fingerprint density at radius 1 is 1.67 bits per heavy atom. The molecule has 0 aliphatic heterocycles. The fraction of sp³-hybridized carbons (Fsp3) is 0.500. The first-order chi connectivity index (χ1) is 6.80. The van der Waals surface area contributed by atoms with Crippen LogP contribution in [-0.2, 0) is 6.18 Å². The molecule has 3 nitrogen and oxygen atoms in total. The molecule has 0 spiro atoms. The van der Waals surface area contributed by atoms with Crippen molar-refractivity contribution in [1.29, 1.82) is 0 Å². The first-order valence-electron chi connectivity index (χ1n) is 4.21. The normalized spacial score (nSPS) is 13.9. The Kier molecular flexibility index (Phi) is 3.33. The molecule has 1 rings (SSSR count). The standard InChI is InChI=1S/C8H10F3N3S/c1-5(4-7(12)15)14-3-2-6(13-14)8(9,10)11/h2-3,5H,4H2,1H3,(H2,12,15)/t5-/m1/s1. The molecular weight excluding hydrogens is 227 g/mol. The molecule has 0 aliphatic carbocycles. The van der Waals surface area contributed by atoms with E-state index in [1.807, 2.05) is 0 Å². The quantitative estimate of drug-likeness (QED) is 0.819. The lowest BCUT2D eigenvalue weighted by Crippen LogP contribution is -2.17. The molecule has 0 fully saturated rings. The fourth-order valence-electron chi connectivity index (χ4n) is 1.12. The van der Waals surface area contributed by atoms with Gasteiger partial charge in [0.25, 0.3) is 0 Å². The summed E-state index contributed by atoms with van der Waals surface area (Å²) in [4.78, 5) is 0.256. The van der Waals surface area contributed by atoms with Crippen molar-refractivity contribution in [3.05, 3.63) is 18.0 Å². The van der Waals surface area contributed by atoms with Gasteiger partial charge in [0, 0.05) is 12.6 Å². The van der Waals surface area contributed by atoms with Crippen LogP contribution in [0, 0.1) is 0 Å². The number of hydrogen-bond donors (Lipinski definition) is 1. The van der Waals surface area contributed by atoms with Crippen LogP contribution in [0.5, 0.6) is 0 Å². The Hall–Kier alpha value is -1.11. The zero-order valence-electron chi connectivity index (χ0n) is 7.95. The predicted molar refractivity (Wildman–Crippen MR) is 53.3 cm³/mol. The van der Waals surface area contributed by atoms with Gasteiger partial charge in [-0.1, -0.05) is 12.2 Å². The summed E-state index contributed by atoms with van der Waals surface area (Å²) in [6, 6.07) is 0.661. The van der Waals surface area contributed by atoms with Crippen molar-refractivity contribution in [3.63, 3.8) is 0 Å².